The Labute approximate surface area is 134 Å². The number of benzene rings is 1. The number of hydrogen-bond acceptors (Lipinski definition) is 2. The third-order valence-corrected chi connectivity index (χ3v) is 4.21. The quantitative estimate of drug-likeness (QED) is 0.895. The maximum absolute atomic E-state index is 13.3. The first kappa shape index (κ1) is 17.8. The highest BCUT2D eigenvalue weighted by Gasteiger charge is 2.49. The van der Waals surface area contributed by atoms with Gasteiger partial charge in [0, 0.05) is 6.54 Å². The highest BCUT2D eigenvalue weighted by molar-refractivity contribution is 5.83. The number of nitrogens with zero attached hydrogens (tertiary/aromatic N) is 1. The van der Waals surface area contributed by atoms with E-state index in [2.05, 4.69) is 5.43 Å². The van der Waals surface area contributed by atoms with Crippen molar-refractivity contribution in [2.24, 2.45) is 5.41 Å². The van der Waals surface area contributed by atoms with Crippen LogP contribution in [0.5, 0.6) is 0 Å². The number of hydrazine groups is 1. The normalized spacial score (nSPS) is 19.7. The van der Waals surface area contributed by atoms with Gasteiger partial charge in [-0.05, 0) is 45.6 Å². The van der Waals surface area contributed by atoms with Gasteiger partial charge in [0.2, 0.25) is 5.91 Å². The lowest BCUT2D eigenvalue weighted by Crippen LogP contribution is -2.50. The van der Waals surface area contributed by atoms with Gasteiger partial charge in [0.15, 0.2) is 0 Å². The minimum Gasteiger partial charge on any atom is -0.288 e. The first-order valence-corrected chi connectivity index (χ1v) is 7.79. The fourth-order valence-corrected chi connectivity index (χ4v) is 2.87. The highest BCUT2D eigenvalue weighted by atomic mass is 19.4. The minimum absolute atomic E-state index is 0.0339. The molecule has 0 saturated carbocycles. The number of halogens is 3. The van der Waals surface area contributed by atoms with E-state index in [4.69, 9.17) is 0 Å². The van der Waals surface area contributed by atoms with Crippen molar-refractivity contribution in [1.82, 2.24) is 10.4 Å². The van der Waals surface area contributed by atoms with Crippen LogP contribution < -0.4 is 5.43 Å². The molecule has 3 nitrogen and oxygen atoms in total. The van der Waals surface area contributed by atoms with Gasteiger partial charge in [-0.15, -0.1) is 0 Å². The molecule has 1 fully saturated rings. The molecular weight excluding hydrogens is 305 g/mol. The Balaban J connectivity index is 1.99. The largest absolute Gasteiger partial charge is 0.405 e. The van der Waals surface area contributed by atoms with E-state index in [-0.39, 0.29) is 18.9 Å². The molecule has 0 spiro atoms. The number of amides is 1. The predicted octanol–water partition coefficient (Wildman–Crippen LogP) is 3.62. The van der Waals surface area contributed by atoms with E-state index in [1.165, 1.54) is 0 Å². The molecule has 0 aliphatic carbocycles. The molecule has 1 atom stereocenters. The van der Waals surface area contributed by atoms with Crippen LogP contribution in [0.15, 0.2) is 24.3 Å². The van der Waals surface area contributed by atoms with Gasteiger partial charge in [0.05, 0.1) is 5.41 Å². The van der Waals surface area contributed by atoms with Gasteiger partial charge >= 0.3 is 6.18 Å². The summed E-state index contributed by atoms with van der Waals surface area (Å²) in [5.74, 6) is -0.356. The summed E-state index contributed by atoms with van der Waals surface area (Å²) in [5.41, 5.74) is 3.73. The molecule has 0 bridgehead atoms. The summed E-state index contributed by atoms with van der Waals surface area (Å²) >= 11 is 0. The molecule has 1 heterocycles. The summed E-state index contributed by atoms with van der Waals surface area (Å²) in [5, 5.41) is 1.05. The summed E-state index contributed by atoms with van der Waals surface area (Å²) in [4.78, 5) is 11.8. The molecule has 1 N–H and O–H groups in total. The zero-order chi connectivity index (χ0) is 17.3. The number of rotatable bonds is 5. The lowest BCUT2D eigenvalue weighted by atomic mass is 9.94. The topological polar surface area (TPSA) is 32.3 Å². The highest BCUT2D eigenvalue weighted by Crippen LogP contribution is 2.33. The smallest absolute Gasteiger partial charge is 0.288 e. The van der Waals surface area contributed by atoms with E-state index in [0.29, 0.717) is 12.8 Å². The fraction of sp³-hybridized carbons (Fsp3) is 0.588. The summed E-state index contributed by atoms with van der Waals surface area (Å²) < 4.78 is 40.0. The van der Waals surface area contributed by atoms with Crippen LogP contribution in [0.1, 0.15) is 37.8 Å². The van der Waals surface area contributed by atoms with Crippen LogP contribution in [0, 0.1) is 12.3 Å². The molecule has 1 aliphatic heterocycles. The number of carbonyl (C=O) groups excluding carboxylic acids is 1. The summed E-state index contributed by atoms with van der Waals surface area (Å²) in [7, 11) is 0. The second kappa shape index (κ2) is 6.51. The van der Waals surface area contributed by atoms with Crippen molar-refractivity contribution in [2.75, 3.05) is 6.54 Å². The van der Waals surface area contributed by atoms with Gasteiger partial charge < -0.3 is 0 Å². The first-order valence-electron chi connectivity index (χ1n) is 7.79. The van der Waals surface area contributed by atoms with Crippen molar-refractivity contribution in [2.45, 2.75) is 52.3 Å². The predicted molar refractivity (Wildman–Crippen MR) is 82.6 cm³/mol. The molecule has 6 heteroatoms. The van der Waals surface area contributed by atoms with E-state index in [1.807, 2.05) is 31.2 Å². The molecule has 128 valence electrons. The lowest BCUT2D eigenvalue weighted by molar-refractivity contribution is -0.190. The van der Waals surface area contributed by atoms with Gasteiger partial charge in [-0.1, -0.05) is 29.8 Å². The number of nitrogens with one attached hydrogen (secondary N) is 1. The summed E-state index contributed by atoms with van der Waals surface area (Å²) in [6.07, 6.45) is -3.38. The Morgan fingerprint density at radius 1 is 1.35 bits per heavy atom. The minimum atomic E-state index is -4.36. The van der Waals surface area contributed by atoms with Crippen LogP contribution in [0.4, 0.5) is 13.2 Å². The molecule has 0 radical (unpaired) electrons. The van der Waals surface area contributed by atoms with Crippen molar-refractivity contribution in [1.29, 1.82) is 0 Å². The maximum Gasteiger partial charge on any atom is 0.405 e. The second-order valence-electron chi connectivity index (χ2n) is 6.89. The Hall–Kier alpha value is -1.56. The first-order chi connectivity index (χ1) is 10.6. The van der Waals surface area contributed by atoms with Crippen molar-refractivity contribution < 1.29 is 18.0 Å². The number of alkyl halides is 3. The van der Waals surface area contributed by atoms with E-state index in [9.17, 15) is 18.0 Å². The monoisotopic (exact) mass is 328 g/mol. The molecule has 1 amide bonds. The molecule has 1 aliphatic rings. The molecule has 0 aromatic heterocycles. The van der Waals surface area contributed by atoms with Gasteiger partial charge in [-0.25, -0.2) is 5.01 Å². The van der Waals surface area contributed by atoms with Crippen molar-refractivity contribution >= 4 is 5.91 Å². The molecular formula is C17H23F3N2O. The SMILES string of the molecule is Cc1cccc(CCC[C@H](N2CC(C)(C)C(=O)N2)C(F)(F)F)c1. The Bertz CT molecular complexity index is 569. The number of carbonyl (C=O) groups is 1. The van der Waals surface area contributed by atoms with Crippen LogP contribution in [0.25, 0.3) is 0 Å². The molecule has 1 aromatic rings. The van der Waals surface area contributed by atoms with E-state index in [1.54, 1.807) is 13.8 Å². The summed E-state index contributed by atoms with van der Waals surface area (Å²) in [6, 6.07) is 6.15. The number of hydrogen-bond donors (Lipinski definition) is 1. The van der Waals surface area contributed by atoms with Crippen LogP contribution in [-0.4, -0.2) is 29.7 Å². The van der Waals surface area contributed by atoms with Crippen LogP contribution >= 0.6 is 0 Å². The Morgan fingerprint density at radius 2 is 2.04 bits per heavy atom. The van der Waals surface area contributed by atoms with Crippen LogP contribution in [0.2, 0.25) is 0 Å². The third-order valence-electron chi connectivity index (χ3n) is 4.21. The van der Waals surface area contributed by atoms with Crippen molar-refractivity contribution in [3.8, 4) is 0 Å². The Kier molecular flexibility index (Phi) is 5.04. The maximum atomic E-state index is 13.3. The standard InChI is InChI=1S/C17H23F3N2O/c1-12-6-4-7-13(10-12)8-5-9-14(17(18,19)20)22-11-16(2,3)15(23)21-22/h4,6-7,10,14H,5,8-9,11H2,1-3H3,(H,21,23)/t14-/m0/s1. The zero-order valence-corrected chi connectivity index (χ0v) is 13.7. The molecule has 1 saturated heterocycles. The van der Waals surface area contributed by atoms with Crippen LogP contribution in [-0.2, 0) is 11.2 Å². The zero-order valence-electron chi connectivity index (χ0n) is 13.7. The van der Waals surface area contributed by atoms with Gasteiger partial charge in [0.1, 0.15) is 6.04 Å². The van der Waals surface area contributed by atoms with Gasteiger partial charge in [-0.2, -0.15) is 13.2 Å². The third kappa shape index (κ3) is 4.47. The fourth-order valence-electron chi connectivity index (χ4n) is 2.87. The van der Waals surface area contributed by atoms with E-state index in [0.717, 1.165) is 16.1 Å². The van der Waals surface area contributed by atoms with E-state index < -0.39 is 17.6 Å². The van der Waals surface area contributed by atoms with Crippen molar-refractivity contribution in [3.63, 3.8) is 0 Å². The number of aryl methyl sites for hydroxylation is 2. The van der Waals surface area contributed by atoms with E-state index >= 15 is 0 Å². The van der Waals surface area contributed by atoms with Crippen molar-refractivity contribution in [3.05, 3.63) is 35.4 Å². The average Bonchev–Trinajstić information content (AvgIpc) is 2.67. The molecule has 23 heavy (non-hydrogen) atoms. The van der Waals surface area contributed by atoms with Crippen LogP contribution in [0.3, 0.4) is 0 Å². The molecule has 2 rings (SSSR count). The Morgan fingerprint density at radius 3 is 2.57 bits per heavy atom. The molecule has 0 unspecified atom stereocenters. The average molecular weight is 328 g/mol. The summed E-state index contributed by atoms with van der Waals surface area (Å²) in [6.45, 7) is 5.34. The second-order valence-corrected chi connectivity index (χ2v) is 6.89. The molecule has 1 aromatic carbocycles. The van der Waals surface area contributed by atoms with Gasteiger partial charge in [0.25, 0.3) is 0 Å². The van der Waals surface area contributed by atoms with Gasteiger partial charge in [-0.3, -0.25) is 10.2 Å². The lowest BCUT2D eigenvalue weighted by Gasteiger charge is -2.29.